The normalized spacial score (nSPS) is 16.0. The van der Waals surface area contributed by atoms with Gasteiger partial charge in [0.1, 0.15) is 0 Å². The van der Waals surface area contributed by atoms with Crippen molar-refractivity contribution in [2.45, 2.75) is 38.5 Å². The molecular formula is C44H37N. The molecule has 2 aliphatic rings. The van der Waals surface area contributed by atoms with Gasteiger partial charge in [0, 0.05) is 27.9 Å². The minimum Gasteiger partial charge on any atom is -0.310 e. The Balaban J connectivity index is 1.16. The van der Waals surface area contributed by atoms with E-state index in [-0.39, 0.29) is 22.9 Å². The summed E-state index contributed by atoms with van der Waals surface area (Å²) in [6.45, 7) is 9.11. The molecule has 0 unspecified atom stereocenters. The lowest BCUT2D eigenvalue weighted by molar-refractivity contribution is 0.660. The fourth-order valence-electron chi connectivity index (χ4n) is 7.48. The standard InChI is InChI=1S/C44H37N/c1-43(2)39-16-10-8-14-35(39)37-26-22-31(28-41(37)43)19-18-30-20-23-33(24-21-30)45(32-12-6-5-7-13-32)34-25-27-38-36-15-9-11-17-40(36)44(3,4)42(38)29-34/h5-29H,1-4H3/b19-18+/i18D,19D. The smallest absolute Gasteiger partial charge is 0.0629 e. The van der Waals surface area contributed by atoms with Crippen LogP contribution < -0.4 is 4.90 Å². The lowest BCUT2D eigenvalue weighted by atomic mass is 9.82. The number of para-hydroxylation sites is 1. The van der Waals surface area contributed by atoms with Gasteiger partial charge in [-0.2, -0.15) is 0 Å². The van der Waals surface area contributed by atoms with Crippen molar-refractivity contribution in [3.8, 4) is 22.3 Å². The third-order valence-electron chi connectivity index (χ3n) is 9.90. The number of rotatable bonds is 5. The van der Waals surface area contributed by atoms with Crippen LogP contribution in [0.2, 0.25) is 0 Å². The zero-order valence-electron chi connectivity index (χ0n) is 28.2. The Morgan fingerprint density at radius 2 is 0.867 bits per heavy atom. The highest BCUT2D eigenvalue weighted by atomic mass is 15.1. The van der Waals surface area contributed by atoms with Gasteiger partial charge in [0.05, 0.1) is 2.74 Å². The molecule has 0 N–H and O–H groups in total. The van der Waals surface area contributed by atoms with Crippen molar-refractivity contribution in [3.63, 3.8) is 0 Å². The predicted molar refractivity (Wildman–Crippen MR) is 192 cm³/mol. The van der Waals surface area contributed by atoms with Gasteiger partial charge in [-0.15, -0.1) is 0 Å². The molecule has 0 saturated heterocycles. The highest BCUT2D eigenvalue weighted by Gasteiger charge is 2.36. The van der Waals surface area contributed by atoms with Gasteiger partial charge in [-0.05, 0) is 92.0 Å². The van der Waals surface area contributed by atoms with Crippen molar-refractivity contribution in [1.82, 2.24) is 0 Å². The summed E-state index contributed by atoms with van der Waals surface area (Å²) in [7, 11) is 0. The molecule has 0 radical (unpaired) electrons. The molecule has 2 aliphatic carbocycles. The van der Waals surface area contributed by atoms with Crippen molar-refractivity contribution in [2.24, 2.45) is 0 Å². The van der Waals surface area contributed by atoms with E-state index in [0.29, 0.717) is 0 Å². The summed E-state index contributed by atoms with van der Waals surface area (Å²) in [5, 5.41) is 0. The number of hydrogen-bond acceptors (Lipinski definition) is 1. The largest absolute Gasteiger partial charge is 0.310 e. The van der Waals surface area contributed by atoms with Crippen LogP contribution in [-0.4, -0.2) is 0 Å². The zero-order valence-corrected chi connectivity index (χ0v) is 26.2. The monoisotopic (exact) mass is 581 g/mol. The SMILES string of the molecule is [2H]/C(=C(/[2H])c1ccc2c(c1)C(C)(C)c1ccccc1-2)c1ccc(N(c2ccccc2)c2ccc3c(c2)C(C)(C)c2ccccc2-3)cc1. The maximum atomic E-state index is 9.06. The van der Waals surface area contributed by atoms with Crippen LogP contribution >= 0.6 is 0 Å². The Morgan fingerprint density at radius 1 is 0.422 bits per heavy atom. The van der Waals surface area contributed by atoms with E-state index in [4.69, 9.17) is 2.74 Å². The highest BCUT2D eigenvalue weighted by molar-refractivity contribution is 5.86. The Bertz CT molecular complexity index is 2210. The fraction of sp³-hybridized carbons (Fsp3) is 0.136. The third kappa shape index (κ3) is 4.37. The number of hydrogen-bond donors (Lipinski definition) is 0. The van der Waals surface area contributed by atoms with Gasteiger partial charge in [-0.3, -0.25) is 0 Å². The van der Waals surface area contributed by atoms with Crippen molar-refractivity contribution in [2.75, 3.05) is 4.90 Å². The first-order valence-corrected chi connectivity index (χ1v) is 15.8. The zero-order chi connectivity index (χ0) is 32.5. The maximum Gasteiger partial charge on any atom is 0.0629 e. The average molecular weight is 582 g/mol. The van der Waals surface area contributed by atoms with Crippen LogP contribution in [0.25, 0.3) is 34.4 Å². The van der Waals surface area contributed by atoms with Gasteiger partial charge in [0.25, 0.3) is 0 Å². The van der Waals surface area contributed by atoms with E-state index in [1.165, 1.54) is 44.5 Å². The second-order valence-corrected chi connectivity index (χ2v) is 13.3. The maximum absolute atomic E-state index is 9.06. The number of fused-ring (bicyclic) bond motifs is 6. The number of anilines is 3. The Morgan fingerprint density at radius 3 is 1.51 bits per heavy atom. The van der Waals surface area contributed by atoms with Crippen molar-refractivity contribution < 1.29 is 2.74 Å². The van der Waals surface area contributed by atoms with E-state index >= 15 is 0 Å². The molecule has 0 aliphatic heterocycles. The first kappa shape index (κ1) is 25.2. The first-order valence-electron chi connectivity index (χ1n) is 16.8. The topological polar surface area (TPSA) is 3.24 Å². The Kier molecular flexibility index (Phi) is 5.72. The summed E-state index contributed by atoms with van der Waals surface area (Å²) >= 11 is 0. The summed E-state index contributed by atoms with van der Waals surface area (Å²) in [6, 6.07) is 49.3. The minimum absolute atomic E-state index is 0.0981. The molecule has 0 fully saturated rings. The van der Waals surface area contributed by atoms with E-state index in [1.54, 1.807) is 0 Å². The molecule has 0 atom stereocenters. The quantitative estimate of drug-likeness (QED) is 0.183. The molecule has 0 bridgehead atoms. The summed E-state index contributed by atoms with van der Waals surface area (Å²) in [5.41, 5.74) is 14.7. The molecule has 0 aromatic heterocycles. The molecule has 1 nitrogen and oxygen atoms in total. The van der Waals surface area contributed by atoms with Crippen LogP contribution in [0.5, 0.6) is 0 Å². The van der Waals surface area contributed by atoms with Crippen molar-refractivity contribution >= 4 is 29.2 Å². The molecule has 0 amide bonds. The molecular weight excluding hydrogens is 542 g/mol. The van der Waals surface area contributed by atoms with Gasteiger partial charge in [-0.1, -0.05) is 143 Å². The predicted octanol–water partition coefficient (Wildman–Crippen LogP) is 11.9. The Hall–Kier alpha value is -5.14. The van der Waals surface area contributed by atoms with Crippen LogP contribution in [0.15, 0.2) is 140 Å². The molecule has 1 heteroatoms. The lowest BCUT2D eigenvalue weighted by Crippen LogP contribution is -2.16. The Labute approximate surface area is 270 Å². The van der Waals surface area contributed by atoms with Gasteiger partial charge < -0.3 is 4.90 Å². The fourth-order valence-corrected chi connectivity index (χ4v) is 7.48. The summed E-state index contributed by atoms with van der Waals surface area (Å²) in [5.74, 6) is 0. The van der Waals surface area contributed by atoms with E-state index < -0.39 is 0 Å². The molecule has 6 aromatic carbocycles. The highest BCUT2D eigenvalue weighted by Crippen LogP contribution is 2.51. The van der Waals surface area contributed by atoms with Gasteiger partial charge in [-0.25, -0.2) is 0 Å². The van der Waals surface area contributed by atoms with Gasteiger partial charge >= 0.3 is 0 Å². The lowest BCUT2D eigenvalue weighted by Gasteiger charge is -2.28. The molecule has 8 rings (SSSR count). The molecule has 6 aromatic rings. The second kappa shape index (κ2) is 10.2. The summed E-state index contributed by atoms with van der Waals surface area (Å²) < 4.78 is 18.1. The number of nitrogens with zero attached hydrogens (tertiary/aromatic N) is 1. The molecule has 45 heavy (non-hydrogen) atoms. The van der Waals surface area contributed by atoms with Crippen LogP contribution in [-0.2, 0) is 10.8 Å². The van der Waals surface area contributed by atoms with E-state index in [9.17, 15) is 0 Å². The van der Waals surface area contributed by atoms with Crippen molar-refractivity contribution in [3.05, 3.63) is 173 Å². The van der Waals surface area contributed by atoms with Crippen LogP contribution in [0.4, 0.5) is 17.1 Å². The average Bonchev–Trinajstić information content (AvgIpc) is 3.48. The third-order valence-corrected chi connectivity index (χ3v) is 9.90. The molecule has 218 valence electrons. The summed E-state index contributed by atoms with van der Waals surface area (Å²) in [4.78, 5) is 2.28. The summed E-state index contributed by atoms with van der Waals surface area (Å²) in [6.07, 6.45) is 0. The molecule has 0 heterocycles. The van der Waals surface area contributed by atoms with Gasteiger partial charge in [0.15, 0.2) is 0 Å². The first-order chi connectivity index (χ1) is 22.7. The van der Waals surface area contributed by atoms with E-state index in [0.717, 1.165) is 28.2 Å². The number of benzene rings is 6. The van der Waals surface area contributed by atoms with E-state index in [1.807, 2.05) is 24.3 Å². The van der Waals surface area contributed by atoms with Gasteiger partial charge in [0.2, 0.25) is 0 Å². The van der Waals surface area contributed by atoms with Crippen LogP contribution in [0.3, 0.4) is 0 Å². The molecule has 0 spiro atoms. The van der Waals surface area contributed by atoms with E-state index in [2.05, 4.69) is 148 Å². The minimum atomic E-state index is -0.150. The van der Waals surface area contributed by atoms with Crippen molar-refractivity contribution in [1.29, 1.82) is 0 Å². The van der Waals surface area contributed by atoms with Crippen LogP contribution in [0.1, 0.15) is 63.8 Å². The molecule has 0 saturated carbocycles. The second-order valence-electron chi connectivity index (χ2n) is 13.3. The van der Waals surface area contributed by atoms with Crippen LogP contribution in [0, 0.1) is 0 Å².